The topological polar surface area (TPSA) is 161 Å². The van der Waals surface area contributed by atoms with E-state index in [9.17, 15) is 32.3 Å². The molecule has 4 aliphatic rings. The highest BCUT2D eigenvalue weighted by Crippen LogP contribution is 2.38. The number of thioether (sulfide) groups is 1. The monoisotopic (exact) mass is 760 g/mol. The van der Waals surface area contributed by atoms with Gasteiger partial charge in [-0.2, -0.15) is 18.3 Å². The predicted octanol–water partition coefficient (Wildman–Crippen LogP) is 3.80. The third kappa shape index (κ3) is 10.5. The number of halogens is 3. The fourth-order valence-corrected chi connectivity index (χ4v) is 8.50. The van der Waals surface area contributed by atoms with Crippen molar-refractivity contribution in [3.8, 4) is 5.75 Å². The molecule has 5 heterocycles. The number of nitrogens with one attached hydrogen (secondary N) is 5. The average Bonchev–Trinajstić information content (AvgIpc) is 3.82. The number of nitrogens with zero attached hydrogens (tertiary/aromatic N) is 3. The van der Waals surface area contributed by atoms with Crippen LogP contribution in [0.25, 0.3) is 0 Å². The van der Waals surface area contributed by atoms with Crippen LogP contribution >= 0.6 is 11.8 Å². The molecule has 53 heavy (non-hydrogen) atoms. The number of ether oxygens (including phenoxy) is 1. The number of hydrogen-bond acceptors (Lipinski definition) is 9. The molecule has 288 valence electrons. The van der Waals surface area contributed by atoms with Crippen molar-refractivity contribution in [1.82, 2.24) is 36.4 Å². The number of likely N-dealkylation sites (tertiary alicyclic amines) is 1. The first kappa shape index (κ1) is 38.5. The van der Waals surface area contributed by atoms with Gasteiger partial charge < -0.3 is 30.9 Å². The lowest BCUT2D eigenvalue weighted by Crippen LogP contribution is -2.43. The van der Waals surface area contributed by atoms with Crippen LogP contribution in [0.2, 0.25) is 0 Å². The van der Waals surface area contributed by atoms with Crippen LogP contribution in [0.15, 0.2) is 40.2 Å². The Morgan fingerprint density at radius 3 is 2.47 bits per heavy atom. The second-order valence-electron chi connectivity index (χ2n) is 14.0. The van der Waals surface area contributed by atoms with Crippen molar-refractivity contribution >= 4 is 35.3 Å². The van der Waals surface area contributed by atoms with E-state index in [2.05, 4.69) is 37.3 Å². The maximum Gasteiger partial charge on any atom is 0.423 e. The first-order valence-electron chi connectivity index (χ1n) is 18.4. The Bertz CT molecular complexity index is 1710. The second kappa shape index (κ2) is 17.7. The summed E-state index contributed by atoms with van der Waals surface area (Å²) in [5.74, 6) is 1.58. The number of carbonyl (C=O) groups is 3. The number of rotatable bonds is 16. The van der Waals surface area contributed by atoms with Crippen LogP contribution in [0.3, 0.4) is 0 Å². The first-order chi connectivity index (χ1) is 25.5. The van der Waals surface area contributed by atoms with Crippen LogP contribution in [-0.2, 0) is 28.9 Å². The summed E-state index contributed by atoms with van der Waals surface area (Å²) in [5.41, 5.74) is -1.05. The van der Waals surface area contributed by atoms with E-state index in [1.54, 1.807) is 11.8 Å². The SMILES string of the molecule is O=C(CCC/C=C1/SC[C@@H]2NC(=O)N[C@H]12)NCCCCCCNC(=O)CN1CCC(Oc2ccc3c(c2)CN(c2cn[nH]c(=O)c2C(F)(F)F)C3)CC1. The largest absolute Gasteiger partial charge is 0.490 e. The molecule has 4 aliphatic heterocycles. The second-order valence-corrected chi connectivity index (χ2v) is 15.1. The van der Waals surface area contributed by atoms with Crippen molar-refractivity contribution in [2.24, 2.45) is 0 Å². The Labute approximate surface area is 310 Å². The summed E-state index contributed by atoms with van der Waals surface area (Å²) in [5, 5.41) is 17.3. The normalized spacial score (nSPS) is 20.9. The lowest BCUT2D eigenvalue weighted by atomic mass is 10.1. The zero-order valence-corrected chi connectivity index (χ0v) is 30.4. The molecule has 0 saturated carbocycles. The fourth-order valence-electron chi connectivity index (χ4n) is 7.21. The van der Waals surface area contributed by atoms with Gasteiger partial charge in [-0.15, -0.1) is 11.8 Å². The van der Waals surface area contributed by atoms with E-state index in [1.165, 1.54) is 9.81 Å². The third-order valence-electron chi connectivity index (χ3n) is 10.0. The van der Waals surface area contributed by atoms with Crippen molar-refractivity contribution in [2.45, 2.75) is 95.2 Å². The van der Waals surface area contributed by atoms with Gasteiger partial charge in [-0.1, -0.05) is 25.0 Å². The highest BCUT2D eigenvalue weighted by Gasteiger charge is 2.40. The van der Waals surface area contributed by atoms with Crippen molar-refractivity contribution in [1.29, 1.82) is 0 Å². The molecule has 3 fully saturated rings. The van der Waals surface area contributed by atoms with E-state index >= 15 is 0 Å². The maximum atomic E-state index is 13.6. The number of amides is 4. The van der Waals surface area contributed by atoms with E-state index in [0.717, 1.165) is 74.4 Å². The van der Waals surface area contributed by atoms with Crippen LogP contribution < -0.4 is 36.5 Å². The molecular formula is C36H47F3N8O5S. The van der Waals surface area contributed by atoms with Crippen LogP contribution in [0.4, 0.5) is 23.7 Å². The minimum atomic E-state index is -4.80. The number of unbranched alkanes of at least 4 members (excludes halogenated alkanes) is 4. The molecular weight excluding hydrogens is 714 g/mol. The minimum Gasteiger partial charge on any atom is -0.490 e. The summed E-state index contributed by atoms with van der Waals surface area (Å²) in [6.07, 6.45) is 5.63. The highest BCUT2D eigenvalue weighted by atomic mass is 32.2. The van der Waals surface area contributed by atoms with E-state index in [4.69, 9.17) is 4.74 Å². The summed E-state index contributed by atoms with van der Waals surface area (Å²) in [7, 11) is 0. The molecule has 4 amide bonds. The van der Waals surface area contributed by atoms with Crippen molar-refractivity contribution in [3.63, 3.8) is 0 Å². The third-order valence-corrected chi connectivity index (χ3v) is 11.3. The molecule has 5 N–H and O–H groups in total. The number of anilines is 1. The molecule has 0 spiro atoms. The number of carbonyl (C=O) groups excluding carboxylic acids is 3. The van der Waals surface area contributed by atoms with E-state index < -0.39 is 17.3 Å². The summed E-state index contributed by atoms with van der Waals surface area (Å²) < 4.78 is 47.0. The number of aromatic nitrogens is 2. The number of piperidine rings is 1. The van der Waals surface area contributed by atoms with Gasteiger partial charge in [0.1, 0.15) is 17.4 Å². The molecule has 0 aliphatic carbocycles. The van der Waals surface area contributed by atoms with Crippen LogP contribution in [0, 0.1) is 0 Å². The van der Waals surface area contributed by atoms with Crippen LogP contribution in [-0.4, -0.2) is 89.6 Å². The lowest BCUT2D eigenvalue weighted by Gasteiger charge is -2.31. The lowest BCUT2D eigenvalue weighted by molar-refractivity contribution is -0.138. The molecule has 13 nitrogen and oxygen atoms in total. The number of fused-ring (bicyclic) bond motifs is 2. The van der Waals surface area contributed by atoms with E-state index in [0.29, 0.717) is 44.9 Å². The Kier molecular flexibility index (Phi) is 12.9. The summed E-state index contributed by atoms with van der Waals surface area (Å²) >= 11 is 1.76. The fraction of sp³-hybridized carbons (Fsp3) is 0.583. The van der Waals surface area contributed by atoms with Crippen molar-refractivity contribution < 1.29 is 32.3 Å². The molecule has 2 atom stereocenters. The number of benzene rings is 1. The van der Waals surface area contributed by atoms with Crippen LogP contribution in [0.5, 0.6) is 5.75 Å². The van der Waals surface area contributed by atoms with Gasteiger partial charge >= 0.3 is 12.2 Å². The molecule has 0 bridgehead atoms. The molecule has 0 radical (unpaired) electrons. The van der Waals surface area contributed by atoms with Crippen molar-refractivity contribution in [3.05, 3.63) is 62.4 Å². The van der Waals surface area contributed by atoms with Gasteiger partial charge in [0.05, 0.1) is 30.5 Å². The number of aromatic amines is 1. The van der Waals surface area contributed by atoms with Gasteiger partial charge in [-0.25, -0.2) is 9.89 Å². The van der Waals surface area contributed by atoms with Crippen LogP contribution in [0.1, 0.15) is 74.5 Å². The number of allylic oxidation sites excluding steroid dienone is 1. The number of hydrogen-bond donors (Lipinski definition) is 5. The number of urea groups is 1. The summed E-state index contributed by atoms with van der Waals surface area (Å²) in [6, 6.07) is 5.65. The highest BCUT2D eigenvalue weighted by molar-refractivity contribution is 8.03. The standard InChI is InChI=1S/C36H47F3N8O5S/c37-36(38,39)32-28(18-42-45-34(32)50)47-19-23-9-10-26(17-24(23)20-47)52-25-11-15-46(16-12-25)21-31(49)41-14-6-2-1-5-13-40-30(48)8-4-3-7-29-33-27(22-53-29)43-35(51)44-33/h7,9-10,17-18,25,27,33H,1-6,8,11-16,19-22H2,(H,40,48)(H,41,49)(H,45,50)(H2,43,44,51)/b29-7+/t27-,33-/m0/s1. The Morgan fingerprint density at radius 1 is 0.981 bits per heavy atom. The zero-order chi connectivity index (χ0) is 37.4. The summed E-state index contributed by atoms with van der Waals surface area (Å²) in [6.45, 7) is 3.46. The quantitative estimate of drug-likeness (QED) is 0.127. The molecule has 6 rings (SSSR count). The molecule has 1 aromatic heterocycles. The maximum absolute atomic E-state index is 13.6. The minimum absolute atomic E-state index is 0.00394. The van der Waals surface area contributed by atoms with Gasteiger partial charge in [-0.3, -0.25) is 19.3 Å². The molecule has 0 unspecified atom stereocenters. The van der Waals surface area contributed by atoms with Gasteiger partial charge in [-0.05, 0) is 61.8 Å². The van der Waals surface area contributed by atoms with Gasteiger partial charge in [0.25, 0.3) is 5.56 Å². The Hall–Kier alpha value is -4.25. The van der Waals surface area contributed by atoms with E-state index in [-0.39, 0.29) is 54.8 Å². The van der Waals surface area contributed by atoms with Gasteiger partial charge in [0.2, 0.25) is 11.8 Å². The summed E-state index contributed by atoms with van der Waals surface area (Å²) in [4.78, 5) is 52.9. The first-order valence-corrected chi connectivity index (χ1v) is 19.4. The molecule has 3 saturated heterocycles. The zero-order valence-electron chi connectivity index (χ0n) is 29.6. The number of alkyl halides is 3. The van der Waals surface area contributed by atoms with Crippen molar-refractivity contribution in [2.75, 3.05) is 43.4 Å². The number of H-pyrrole nitrogens is 1. The predicted molar refractivity (Wildman–Crippen MR) is 194 cm³/mol. The molecule has 17 heteroatoms. The molecule has 1 aromatic carbocycles. The molecule has 2 aromatic rings. The Morgan fingerprint density at radius 2 is 1.72 bits per heavy atom. The van der Waals surface area contributed by atoms with Gasteiger partial charge in [0.15, 0.2) is 0 Å². The van der Waals surface area contributed by atoms with E-state index in [1.807, 2.05) is 23.3 Å². The Balaban J connectivity index is 0.788. The smallest absolute Gasteiger partial charge is 0.423 e. The van der Waals surface area contributed by atoms with Gasteiger partial charge in [0, 0.05) is 56.3 Å². The average molecular weight is 761 g/mol.